The summed E-state index contributed by atoms with van der Waals surface area (Å²) in [4.78, 5) is 21.8. The van der Waals surface area contributed by atoms with Crippen LogP contribution < -0.4 is 11.1 Å². The summed E-state index contributed by atoms with van der Waals surface area (Å²) in [5.41, 5.74) is 5.31. The lowest BCUT2D eigenvalue weighted by Gasteiger charge is -2.12. The third kappa shape index (κ3) is 6.35. The van der Waals surface area contributed by atoms with Crippen LogP contribution in [0.3, 0.4) is 0 Å². The lowest BCUT2D eigenvalue weighted by molar-refractivity contribution is -0.138. The van der Waals surface area contributed by atoms with Crippen molar-refractivity contribution < 1.29 is 14.7 Å². The molecule has 0 bridgehead atoms. The highest BCUT2D eigenvalue weighted by Gasteiger charge is 2.17. The Balaban J connectivity index is 3.77. The second-order valence-corrected chi connectivity index (χ2v) is 4.59. The number of nitrogens with one attached hydrogen (secondary N) is 1. The first-order valence-corrected chi connectivity index (χ1v) is 5.91. The summed E-state index contributed by atoms with van der Waals surface area (Å²) in [6.45, 7) is 4.36. The van der Waals surface area contributed by atoms with Crippen LogP contribution >= 0.6 is 11.8 Å². The lowest BCUT2D eigenvalue weighted by atomic mass is 10.4. The number of carbonyl (C=O) groups excluding carboxylic acids is 1. The number of carbonyl (C=O) groups is 2. The van der Waals surface area contributed by atoms with Crippen molar-refractivity contribution in [1.82, 2.24) is 5.32 Å². The van der Waals surface area contributed by atoms with Crippen molar-refractivity contribution in [1.29, 1.82) is 0 Å². The monoisotopic (exact) mass is 234 g/mol. The molecule has 0 aromatic rings. The van der Waals surface area contributed by atoms with E-state index in [1.54, 1.807) is 6.92 Å². The van der Waals surface area contributed by atoms with Crippen LogP contribution in [-0.4, -0.2) is 40.6 Å². The quantitative estimate of drug-likeness (QED) is 0.578. The van der Waals surface area contributed by atoms with Gasteiger partial charge >= 0.3 is 5.97 Å². The van der Waals surface area contributed by atoms with Gasteiger partial charge in [0.25, 0.3) is 0 Å². The molecule has 0 saturated carbocycles. The minimum absolute atomic E-state index is 0.0700. The smallest absolute Gasteiger partial charge is 0.321 e. The Bertz CT molecular complexity index is 223. The van der Waals surface area contributed by atoms with E-state index < -0.39 is 12.0 Å². The number of nitrogens with two attached hydrogens (primary N) is 1. The van der Waals surface area contributed by atoms with Crippen molar-refractivity contribution in [3.63, 3.8) is 0 Å². The van der Waals surface area contributed by atoms with Crippen LogP contribution in [0.2, 0.25) is 0 Å². The molecule has 2 atom stereocenters. The van der Waals surface area contributed by atoms with E-state index in [4.69, 9.17) is 10.8 Å². The number of carboxylic acid groups (broad SMARTS) is 1. The van der Waals surface area contributed by atoms with Crippen LogP contribution in [0.5, 0.6) is 0 Å². The molecule has 0 rings (SSSR count). The van der Waals surface area contributed by atoms with Gasteiger partial charge in [-0.3, -0.25) is 9.59 Å². The summed E-state index contributed by atoms with van der Waals surface area (Å²) in [6, 6.07) is -0.906. The standard InChI is InChI=1S/C9H18N2O3S/c1-3-4-11-8(12)6(2)15-5-7(10)9(13)14/h6-7H,3-5,10H2,1-2H3,(H,11,12)(H,13,14). The SMILES string of the molecule is CCCNC(=O)C(C)SCC(N)C(=O)O. The molecule has 0 saturated heterocycles. The number of hydrogen-bond acceptors (Lipinski definition) is 4. The van der Waals surface area contributed by atoms with Crippen molar-refractivity contribution in [3.8, 4) is 0 Å². The Hall–Kier alpha value is -0.750. The molecule has 88 valence electrons. The number of hydrogen-bond donors (Lipinski definition) is 3. The summed E-state index contributed by atoms with van der Waals surface area (Å²) >= 11 is 1.25. The van der Waals surface area contributed by atoms with Crippen LogP contribution in [0.4, 0.5) is 0 Å². The van der Waals surface area contributed by atoms with Crippen LogP contribution in [0.15, 0.2) is 0 Å². The molecule has 0 heterocycles. The first kappa shape index (κ1) is 14.2. The van der Waals surface area contributed by atoms with Crippen LogP contribution in [-0.2, 0) is 9.59 Å². The Labute approximate surface area is 93.8 Å². The minimum Gasteiger partial charge on any atom is -0.480 e. The molecule has 4 N–H and O–H groups in total. The topological polar surface area (TPSA) is 92.4 Å². The average Bonchev–Trinajstić information content (AvgIpc) is 2.21. The highest BCUT2D eigenvalue weighted by molar-refractivity contribution is 8.00. The van der Waals surface area contributed by atoms with Gasteiger partial charge in [-0.1, -0.05) is 6.92 Å². The largest absolute Gasteiger partial charge is 0.480 e. The minimum atomic E-state index is -1.04. The molecule has 0 aliphatic heterocycles. The first-order chi connectivity index (χ1) is 6.99. The Kier molecular flexibility index (Phi) is 7.15. The Morgan fingerprint density at radius 1 is 1.53 bits per heavy atom. The summed E-state index contributed by atoms with van der Waals surface area (Å²) in [7, 11) is 0. The maximum absolute atomic E-state index is 11.4. The van der Waals surface area contributed by atoms with Gasteiger partial charge in [0, 0.05) is 12.3 Å². The van der Waals surface area contributed by atoms with Crippen molar-refractivity contribution in [2.24, 2.45) is 5.73 Å². The van der Waals surface area contributed by atoms with E-state index in [-0.39, 0.29) is 16.9 Å². The van der Waals surface area contributed by atoms with Gasteiger partial charge in [0.15, 0.2) is 0 Å². The first-order valence-electron chi connectivity index (χ1n) is 4.86. The molecular formula is C9H18N2O3S. The molecular weight excluding hydrogens is 216 g/mol. The Morgan fingerprint density at radius 2 is 2.13 bits per heavy atom. The van der Waals surface area contributed by atoms with Crippen LogP contribution in [0.1, 0.15) is 20.3 Å². The molecule has 2 unspecified atom stereocenters. The molecule has 0 aliphatic carbocycles. The zero-order chi connectivity index (χ0) is 11.8. The number of rotatable bonds is 7. The van der Waals surface area contributed by atoms with Crippen molar-refractivity contribution in [2.45, 2.75) is 31.6 Å². The maximum Gasteiger partial charge on any atom is 0.321 e. The molecule has 0 spiro atoms. The maximum atomic E-state index is 11.4. The van der Waals surface area contributed by atoms with Gasteiger partial charge in [0.05, 0.1) is 5.25 Å². The van der Waals surface area contributed by atoms with E-state index in [1.165, 1.54) is 11.8 Å². The third-order valence-electron chi connectivity index (χ3n) is 1.76. The van der Waals surface area contributed by atoms with E-state index in [1.807, 2.05) is 6.92 Å². The molecule has 15 heavy (non-hydrogen) atoms. The van der Waals surface area contributed by atoms with Crippen molar-refractivity contribution in [3.05, 3.63) is 0 Å². The van der Waals surface area contributed by atoms with E-state index in [0.717, 1.165) is 6.42 Å². The molecule has 0 aliphatic rings. The average molecular weight is 234 g/mol. The van der Waals surface area contributed by atoms with E-state index in [9.17, 15) is 9.59 Å². The summed E-state index contributed by atoms with van der Waals surface area (Å²) in [5, 5.41) is 11.0. The highest BCUT2D eigenvalue weighted by Crippen LogP contribution is 2.11. The van der Waals surface area contributed by atoms with Gasteiger partial charge in [-0.25, -0.2) is 0 Å². The third-order valence-corrected chi connectivity index (χ3v) is 3.03. The molecule has 0 aromatic carbocycles. The Morgan fingerprint density at radius 3 is 2.60 bits per heavy atom. The molecule has 5 nitrogen and oxygen atoms in total. The number of amides is 1. The second-order valence-electron chi connectivity index (χ2n) is 3.21. The van der Waals surface area contributed by atoms with Gasteiger partial charge < -0.3 is 16.2 Å². The van der Waals surface area contributed by atoms with E-state index in [2.05, 4.69) is 5.32 Å². The fourth-order valence-corrected chi connectivity index (χ4v) is 1.66. The summed E-state index contributed by atoms with van der Waals surface area (Å²) < 4.78 is 0. The molecule has 0 aromatic heterocycles. The van der Waals surface area contributed by atoms with Crippen molar-refractivity contribution >= 4 is 23.6 Å². The second kappa shape index (κ2) is 7.53. The van der Waals surface area contributed by atoms with Crippen molar-refractivity contribution in [2.75, 3.05) is 12.3 Å². The predicted molar refractivity (Wildman–Crippen MR) is 60.8 cm³/mol. The number of thioether (sulfide) groups is 1. The number of aliphatic carboxylic acids is 1. The van der Waals surface area contributed by atoms with Gasteiger partial charge in [0.2, 0.25) is 5.91 Å². The van der Waals surface area contributed by atoms with Gasteiger partial charge in [0.1, 0.15) is 6.04 Å². The zero-order valence-corrected chi connectivity index (χ0v) is 9.84. The van der Waals surface area contributed by atoms with E-state index >= 15 is 0 Å². The zero-order valence-electron chi connectivity index (χ0n) is 9.03. The fourth-order valence-electron chi connectivity index (χ4n) is 0.787. The van der Waals surface area contributed by atoms with Gasteiger partial charge in [-0.2, -0.15) is 0 Å². The van der Waals surface area contributed by atoms with E-state index in [0.29, 0.717) is 6.54 Å². The van der Waals surface area contributed by atoms with Crippen LogP contribution in [0.25, 0.3) is 0 Å². The summed E-state index contributed by atoms with van der Waals surface area (Å²) in [5.74, 6) is -0.862. The normalized spacial score (nSPS) is 14.3. The molecule has 1 amide bonds. The molecule has 6 heteroatoms. The predicted octanol–water partition coefficient (Wildman–Crippen LogP) is 0.0462. The number of carboxylic acids is 1. The lowest BCUT2D eigenvalue weighted by Crippen LogP contribution is -2.36. The van der Waals surface area contributed by atoms with Gasteiger partial charge in [-0.05, 0) is 13.3 Å². The van der Waals surface area contributed by atoms with Crippen LogP contribution in [0, 0.1) is 0 Å². The van der Waals surface area contributed by atoms with Gasteiger partial charge in [-0.15, -0.1) is 11.8 Å². The fraction of sp³-hybridized carbons (Fsp3) is 0.778. The molecule has 0 radical (unpaired) electrons. The summed E-state index contributed by atoms with van der Waals surface area (Å²) in [6.07, 6.45) is 0.887. The highest BCUT2D eigenvalue weighted by atomic mass is 32.2. The molecule has 0 fully saturated rings.